The molecule has 0 amide bonds. The molecule has 0 aliphatic heterocycles. The summed E-state index contributed by atoms with van der Waals surface area (Å²) in [5.41, 5.74) is 8.99. The average molecular weight is 585 g/mol. The number of allylic oxidation sites excluding steroid dienone is 19. The fourth-order valence-electron chi connectivity index (χ4n) is 6.03. The molecule has 234 valence electrons. The van der Waals surface area contributed by atoms with Gasteiger partial charge < -0.3 is 15.3 Å². The average Bonchev–Trinajstić information content (AvgIpc) is 2.88. The predicted octanol–water partition coefficient (Wildman–Crippen LogP) is 9.52. The zero-order valence-corrected chi connectivity index (χ0v) is 28.3. The molecule has 3 nitrogen and oxygen atoms in total. The second-order valence-electron chi connectivity index (χ2n) is 13.7. The highest BCUT2D eigenvalue weighted by Crippen LogP contribution is 2.42. The lowest BCUT2D eigenvalue weighted by atomic mass is 9.69. The van der Waals surface area contributed by atoms with Gasteiger partial charge in [-0.2, -0.15) is 0 Å². The van der Waals surface area contributed by atoms with Crippen molar-refractivity contribution in [1.82, 2.24) is 0 Å². The van der Waals surface area contributed by atoms with Crippen molar-refractivity contribution < 1.29 is 15.3 Å². The van der Waals surface area contributed by atoms with Crippen molar-refractivity contribution in [1.29, 1.82) is 0 Å². The van der Waals surface area contributed by atoms with Crippen molar-refractivity contribution in [3.63, 3.8) is 0 Å². The van der Waals surface area contributed by atoms with Crippen LogP contribution in [-0.4, -0.2) is 33.6 Å². The van der Waals surface area contributed by atoms with E-state index in [0.717, 1.165) is 35.1 Å². The molecule has 0 spiro atoms. The van der Waals surface area contributed by atoms with Crippen LogP contribution in [-0.2, 0) is 0 Å². The largest absolute Gasteiger partial charge is 0.393 e. The second kappa shape index (κ2) is 16.2. The first-order valence-corrected chi connectivity index (χ1v) is 15.6. The Hall–Kier alpha value is -2.98. The van der Waals surface area contributed by atoms with Crippen LogP contribution in [0.25, 0.3) is 0 Å². The molecule has 43 heavy (non-hydrogen) atoms. The molecule has 0 saturated carbocycles. The monoisotopic (exact) mass is 584 g/mol. The van der Waals surface area contributed by atoms with E-state index in [2.05, 4.69) is 134 Å². The Morgan fingerprint density at radius 3 is 1.51 bits per heavy atom. The molecular weight excluding hydrogens is 528 g/mol. The fourth-order valence-corrected chi connectivity index (χ4v) is 6.03. The Labute approximate surface area is 262 Å². The highest BCUT2D eigenvalue weighted by molar-refractivity contribution is 5.40. The quantitative estimate of drug-likeness (QED) is 0.224. The first-order valence-electron chi connectivity index (χ1n) is 15.6. The maximum absolute atomic E-state index is 10.4. The molecule has 3 atom stereocenters. The van der Waals surface area contributed by atoms with Crippen LogP contribution < -0.4 is 0 Å². The predicted molar refractivity (Wildman–Crippen MR) is 186 cm³/mol. The number of aliphatic hydroxyl groups is 3. The lowest BCUT2D eigenvalue weighted by molar-refractivity contribution is -0.0439. The number of rotatable bonds is 10. The number of hydrogen-bond donors (Lipinski definition) is 3. The smallest absolute Gasteiger partial charge is 0.0893 e. The Kier molecular flexibility index (Phi) is 13.6. The van der Waals surface area contributed by atoms with Crippen molar-refractivity contribution >= 4 is 0 Å². The van der Waals surface area contributed by atoms with Crippen molar-refractivity contribution in [3.05, 3.63) is 130 Å². The lowest BCUT2D eigenvalue weighted by Crippen LogP contribution is -2.44. The molecule has 3 N–H and O–H groups in total. The van der Waals surface area contributed by atoms with E-state index >= 15 is 0 Å². The van der Waals surface area contributed by atoms with Gasteiger partial charge in [0.2, 0.25) is 0 Å². The summed E-state index contributed by atoms with van der Waals surface area (Å²) in [6, 6.07) is 0. The molecule has 0 aromatic rings. The van der Waals surface area contributed by atoms with Gasteiger partial charge in [-0.3, -0.25) is 0 Å². The highest BCUT2D eigenvalue weighted by atomic mass is 16.3. The van der Waals surface area contributed by atoms with Crippen LogP contribution in [0.1, 0.15) is 88.5 Å². The standard InChI is InChI=1S/C40H56O3/c1-28(17-13-19-30(3)21-23-35-32(5)25-34(41)27-39(35,7)8)15-11-12-16-29(2)18-14-20-31(4)22-24-36-33(6)26-37(42)38(43)40(36,9)10/h11-24,34,37-38,41-43H,25-27H2,1-10H3. The van der Waals surface area contributed by atoms with Gasteiger partial charge in [0.05, 0.1) is 18.3 Å². The van der Waals surface area contributed by atoms with Gasteiger partial charge in [0, 0.05) is 5.41 Å². The topological polar surface area (TPSA) is 60.7 Å². The summed E-state index contributed by atoms with van der Waals surface area (Å²) in [4.78, 5) is 0. The van der Waals surface area contributed by atoms with Crippen LogP contribution in [0.5, 0.6) is 0 Å². The molecular formula is C40H56O3. The van der Waals surface area contributed by atoms with E-state index in [-0.39, 0.29) is 11.5 Å². The summed E-state index contributed by atoms with van der Waals surface area (Å²) < 4.78 is 0. The molecule has 3 heteroatoms. The van der Waals surface area contributed by atoms with Crippen molar-refractivity contribution in [2.75, 3.05) is 0 Å². The Morgan fingerprint density at radius 2 is 1.02 bits per heavy atom. The third kappa shape index (κ3) is 11.2. The van der Waals surface area contributed by atoms with Crippen LogP contribution in [0.2, 0.25) is 0 Å². The first kappa shape index (κ1) is 36.2. The third-order valence-corrected chi connectivity index (χ3v) is 8.54. The second-order valence-corrected chi connectivity index (χ2v) is 13.7. The minimum Gasteiger partial charge on any atom is -0.393 e. The number of aliphatic hydroxyl groups excluding tert-OH is 3. The first-order chi connectivity index (χ1) is 20.0. The van der Waals surface area contributed by atoms with Crippen LogP contribution >= 0.6 is 0 Å². The number of hydrogen-bond acceptors (Lipinski definition) is 3. The van der Waals surface area contributed by atoms with Crippen molar-refractivity contribution in [3.8, 4) is 0 Å². The summed E-state index contributed by atoms with van der Waals surface area (Å²) in [5, 5.41) is 30.7. The summed E-state index contributed by atoms with van der Waals surface area (Å²) >= 11 is 0. The molecule has 3 unspecified atom stereocenters. The molecule has 0 radical (unpaired) electrons. The van der Waals surface area contributed by atoms with Gasteiger partial charge in [-0.05, 0) is 77.4 Å². The minimum absolute atomic E-state index is 0.00247. The molecule has 0 aromatic heterocycles. The van der Waals surface area contributed by atoms with E-state index in [9.17, 15) is 15.3 Å². The molecule has 0 bridgehead atoms. The van der Waals surface area contributed by atoms with Crippen molar-refractivity contribution in [2.45, 2.75) is 107 Å². The molecule has 2 aliphatic carbocycles. The molecule has 0 saturated heterocycles. The molecule has 0 heterocycles. The van der Waals surface area contributed by atoms with Crippen LogP contribution in [0, 0.1) is 10.8 Å². The van der Waals surface area contributed by atoms with E-state index in [0.29, 0.717) is 6.42 Å². The summed E-state index contributed by atoms with van der Waals surface area (Å²) in [5.74, 6) is 0. The summed E-state index contributed by atoms with van der Waals surface area (Å²) in [7, 11) is 0. The Balaban J connectivity index is 1.92. The van der Waals surface area contributed by atoms with E-state index in [1.54, 1.807) is 0 Å². The fraction of sp³-hybridized carbons (Fsp3) is 0.450. The minimum atomic E-state index is -0.761. The van der Waals surface area contributed by atoms with E-state index in [1.807, 2.05) is 20.8 Å². The summed E-state index contributed by atoms with van der Waals surface area (Å²) in [6.07, 6.45) is 29.8. The molecule has 2 rings (SSSR count). The van der Waals surface area contributed by atoms with Gasteiger partial charge >= 0.3 is 0 Å². The van der Waals surface area contributed by atoms with Crippen LogP contribution in [0.3, 0.4) is 0 Å². The maximum atomic E-state index is 10.4. The maximum Gasteiger partial charge on any atom is 0.0893 e. The van der Waals surface area contributed by atoms with Gasteiger partial charge in [-0.1, -0.05) is 146 Å². The van der Waals surface area contributed by atoms with E-state index < -0.39 is 17.6 Å². The van der Waals surface area contributed by atoms with Gasteiger partial charge in [-0.15, -0.1) is 0 Å². The zero-order chi connectivity index (χ0) is 32.4. The molecule has 0 aromatic carbocycles. The SMILES string of the molecule is CC(C=CC=C(C)C=CC1=C(C)CC(O)CC1(C)C)=CC=CC=C(C)C=CC=C(C)C=CC1=C(C)CC(O)C(O)C1(C)C. The highest BCUT2D eigenvalue weighted by Gasteiger charge is 2.40. The zero-order valence-electron chi connectivity index (χ0n) is 28.3. The van der Waals surface area contributed by atoms with Gasteiger partial charge in [-0.25, -0.2) is 0 Å². The molecule has 0 fully saturated rings. The van der Waals surface area contributed by atoms with E-state index in [1.165, 1.54) is 22.3 Å². The third-order valence-electron chi connectivity index (χ3n) is 8.54. The molecule has 2 aliphatic rings. The van der Waals surface area contributed by atoms with Gasteiger partial charge in [0.15, 0.2) is 0 Å². The van der Waals surface area contributed by atoms with Crippen molar-refractivity contribution in [2.24, 2.45) is 10.8 Å². The van der Waals surface area contributed by atoms with Gasteiger partial charge in [0.25, 0.3) is 0 Å². The van der Waals surface area contributed by atoms with Crippen LogP contribution in [0.4, 0.5) is 0 Å². The lowest BCUT2D eigenvalue weighted by Gasteiger charge is -2.40. The summed E-state index contributed by atoms with van der Waals surface area (Å²) in [6.45, 7) is 20.9. The van der Waals surface area contributed by atoms with Gasteiger partial charge in [0.1, 0.15) is 0 Å². The Bertz CT molecular complexity index is 1330. The van der Waals surface area contributed by atoms with E-state index in [4.69, 9.17) is 0 Å². The van der Waals surface area contributed by atoms with Crippen LogP contribution in [0.15, 0.2) is 130 Å². The normalized spacial score (nSPS) is 26.5. The Morgan fingerprint density at radius 1 is 0.605 bits per heavy atom.